The van der Waals surface area contributed by atoms with E-state index >= 15 is 0 Å². The van der Waals surface area contributed by atoms with E-state index in [2.05, 4.69) is 0 Å². The van der Waals surface area contributed by atoms with Crippen LogP contribution in [-0.2, 0) is 12.6 Å². The van der Waals surface area contributed by atoms with Crippen LogP contribution in [0, 0.1) is 0 Å². The SMILES string of the molecule is NC(CO)Cc1cccn1-c1ccc(C(F)(F)F)cc1. The van der Waals surface area contributed by atoms with Crippen LogP contribution >= 0.6 is 0 Å². The van der Waals surface area contributed by atoms with Gasteiger partial charge >= 0.3 is 6.18 Å². The summed E-state index contributed by atoms with van der Waals surface area (Å²) >= 11 is 0. The topological polar surface area (TPSA) is 51.2 Å². The summed E-state index contributed by atoms with van der Waals surface area (Å²) in [6.45, 7) is -0.141. The van der Waals surface area contributed by atoms with Gasteiger partial charge < -0.3 is 15.4 Å². The Hall–Kier alpha value is -1.79. The first-order valence-corrected chi connectivity index (χ1v) is 6.12. The fraction of sp³-hybridized carbons (Fsp3) is 0.286. The van der Waals surface area contributed by atoms with E-state index in [1.165, 1.54) is 12.1 Å². The molecule has 1 aromatic heterocycles. The predicted octanol–water partition coefficient (Wildman–Crippen LogP) is 2.36. The standard InChI is InChI=1S/C14H15F3N2O/c15-14(16,17)10-3-5-12(6-4-10)19-7-1-2-13(19)8-11(18)9-20/h1-7,11,20H,8-9,18H2. The summed E-state index contributed by atoms with van der Waals surface area (Å²) in [5.41, 5.74) is 6.47. The van der Waals surface area contributed by atoms with E-state index in [0.717, 1.165) is 17.8 Å². The Labute approximate surface area is 114 Å². The van der Waals surface area contributed by atoms with Gasteiger partial charge in [0, 0.05) is 30.0 Å². The van der Waals surface area contributed by atoms with Crippen LogP contribution < -0.4 is 5.73 Å². The molecule has 0 fully saturated rings. The van der Waals surface area contributed by atoms with Gasteiger partial charge in [0.2, 0.25) is 0 Å². The number of rotatable bonds is 4. The molecule has 1 aromatic carbocycles. The van der Waals surface area contributed by atoms with Crippen molar-refractivity contribution >= 4 is 0 Å². The molecule has 1 heterocycles. The van der Waals surface area contributed by atoms with Crippen LogP contribution in [0.25, 0.3) is 5.69 Å². The molecule has 20 heavy (non-hydrogen) atoms. The highest BCUT2D eigenvalue weighted by Gasteiger charge is 2.30. The Balaban J connectivity index is 2.26. The molecule has 0 aliphatic rings. The van der Waals surface area contributed by atoms with Crippen molar-refractivity contribution in [2.45, 2.75) is 18.6 Å². The van der Waals surface area contributed by atoms with Gasteiger partial charge in [-0.25, -0.2) is 0 Å². The van der Waals surface area contributed by atoms with Gasteiger partial charge in [0.15, 0.2) is 0 Å². The minimum absolute atomic E-state index is 0.141. The van der Waals surface area contributed by atoms with E-state index in [1.807, 2.05) is 6.07 Å². The van der Waals surface area contributed by atoms with Crippen molar-refractivity contribution in [1.82, 2.24) is 4.57 Å². The normalized spacial score (nSPS) is 13.4. The van der Waals surface area contributed by atoms with Gasteiger partial charge in [-0.05, 0) is 36.4 Å². The van der Waals surface area contributed by atoms with Crippen molar-refractivity contribution in [3.8, 4) is 5.69 Å². The molecule has 6 heteroatoms. The molecule has 108 valence electrons. The minimum atomic E-state index is -4.34. The first-order valence-electron chi connectivity index (χ1n) is 6.12. The number of hydrogen-bond donors (Lipinski definition) is 2. The van der Waals surface area contributed by atoms with Crippen LogP contribution in [0.4, 0.5) is 13.2 Å². The second kappa shape index (κ2) is 5.68. The molecule has 3 N–H and O–H groups in total. The average Bonchev–Trinajstić information content (AvgIpc) is 2.86. The largest absolute Gasteiger partial charge is 0.416 e. The molecule has 3 nitrogen and oxygen atoms in total. The number of aliphatic hydroxyl groups is 1. The Kier molecular flexibility index (Phi) is 4.15. The summed E-state index contributed by atoms with van der Waals surface area (Å²) in [7, 11) is 0. The smallest absolute Gasteiger partial charge is 0.395 e. The number of alkyl halides is 3. The van der Waals surface area contributed by atoms with Gasteiger partial charge in [0.1, 0.15) is 0 Å². The second-order valence-electron chi connectivity index (χ2n) is 4.56. The van der Waals surface area contributed by atoms with Gasteiger partial charge in [-0.2, -0.15) is 13.2 Å². The third-order valence-electron chi connectivity index (χ3n) is 3.01. The third kappa shape index (κ3) is 3.20. The Bertz CT molecular complexity index is 561. The van der Waals surface area contributed by atoms with E-state index in [-0.39, 0.29) is 6.61 Å². The fourth-order valence-electron chi connectivity index (χ4n) is 1.98. The Morgan fingerprint density at radius 1 is 1.15 bits per heavy atom. The molecule has 2 aromatic rings. The summed E-state index contributed by atoms with van der Waals surface area (Å²) in [6, 6.07) is 8.15. The Morgan fingerprint density at radius 3 is 2.35 bits per heavy atom. The predicted molar refractivity (Wildman–Crippen MR) is 69.5 cm³/mol. The molecule has 0 aliphatic heterocycles. The summed E-state index contributed by atoms with van der Waals surface area (Å²) in [5.74, 6) is 0. The van der Waals surface area contributed by atoms with Gasteiger partial charge in [0.05, 0.1) is 12.2 Å². The molecule has 0 amide bonds. The van der Waals surface area contributed by atoms with Crippen LogP contribution in [0.2, 0.25) is 0 Å². The first-order chi connectivity index (χ1) is 9.41. The molecular weight excluding hydrogens is 269 g/mol. The zero-order valence-electron chi connectivity index (χ0n) is 10.6. The number of hydrogen-bond acceptors (Lipinski definition) is 2. The number of nitrogens with zero attached hydrogens (tertiary/aromatic N) is 1. The van der Waals surface area contributed by atoms with E-state index < -0.39 is 17.8 Å². The van der Waals surface area contributed by atoms with Crippen LogP contribution in [-0.4, -0.2) is 22.3 Å². The summed E-state index contributed by atoms with van der Waals surface area (Å²) in [6.07, 6.45) is -2.14. The monoisotopic (exact) mass is 284 g/mol. The average molecular weight is 284 g/mol. The van der Waals surface area contributed by atoms with Crippen LogP contribution in [0.5, 0.6) is 0 Å². The van der Waals surface area contributed by atoms with Crippen molar-refractivity contribution in [2.75, 3.05) is 6.61 Å². The summed E-state index contributed by atoms with van der Waals surface area (Å²) in [4.78, 5) is 0. The molecule has 0 spiro atoms. The van der Waals surface area contributed by atoms with E-state index in [9.17, 15) is 13.2 Å². The molecule has 1 unspecified atom stereocenters. The lowest BCUT2D eigenvalue weighted by Gasteiger charge is -2.13. The lowest BCUT2D eigenvalue weighted by molar-refractivity contribution is -0.137. The molecule has 0 bridgehead atoms. The van der Waals surface area contributed by atoms with Gasteiger partial charge in [-0.3, -0.25) is 0 Å². The highest BCUT2D eigenvalue weighted by Crippen LogP contribution is 2.29. The highest BCUT2D eigenvalue weighted by molar-refractivity contribution is 5.38. The summed E-state index contributed by atoms with van der Waals surface area (Å²) in [5, 5.41) is 8.96. The number of benzene rings is 1. The van der Waals surface area contributed by atoms with Crippen molar-refractivity contribution in [3.63, 3.8) is 0 Å². The van der Waals surface area contributed by atoms with Crippen LogP contribution in [0.3, 0.4) is 0 Å². The van der Waals surface area contributed by atoms with E-state index in [4.69, 9.17) is 10.8 Å². The number of aliphatic hydroxyl groups excluding tert-OH is 1. The van der Waals surface area contributed by atoms with Crippen molar-refractivity contribution in [2.24, 2.45) is 5.73 Å². The zero-order chi connectivity index (χ0) is 14.8. The number of nitrogens with two attached hydrogens (primary N) is 1. The molecule has 2 rings (SSSR count). The van der Waals surface area contributed by atoms with Crippen LogP contribution in [0.15, 0.2) is 42.6 Å². The van der Waals surface area contributed by atoms with Gasteiger partial charge in [0.25, 0.3) is 0 Å². The third-order valence-corrected chi connectivity index (χ3v) is 3.01. The van der Waals surface area contributed by atoms with Crippen molar-refractivity contribution in [3.05, 3.63) is 53.9 Å². The fourth-order valence-corrected chi connectivity index (χ4v) is 1.98. The molecule has 0 saturated carbocycles. The molecule has 0 saturated heterocycles. The highest BCUT2D eigenvalue weighted by atomic mass is 19.4. The van der Waals surface area contributed by atoms with E-state index in [1.54, 1.807) is 16.8 Å². The van der Waals surface area contributed by atoms with Crippen LogP contribution in [0.1, 0.15) is 11.3 Å². The first kappa shape index (κ1) is 14.6. The lowest BCUT2D eigenvalue weighted by atomic mass is 10.1. The van der Waals surface area contributed by atoms with Crippen molar-refractivity contribution in [1.29, 1.82) is 0 Å². The maximum atomic E-state index is 12.5. The summed E-state index contributed by atoms with van der Waals surface area (Å²) < 4.78 is 39.3. The number of halogens is 3. The van der Waals surface area contributed by atoms with Gasteiger partial charge in [-0.1, -0.05) is 0 Å². The maximum Gasteiger partial charge on any atom is 0.416 e. The van der Waals surface area contributed by atoms with E-state index in [0.29, 0.717) is 12.1 Å². The molecule has 1 atom stereocenters. The van der Waals surface area contributed by atoms with Crippen molar-refractivity contribution < 1.29 is 18.3 Å². The number of aromatic nitrogens is 1. The molecule has 0 radical (unpaired) electrons. The van der Waals surface area contributed by atoms with Gasteiger partial charge in [-0.15, -0.1) is 0 Å². The zero-order valence-corrected chi connectivity index (χ0v) is 10.6. The lowest BCUT2D eigenvalue weighted by Crippen LogP contribution is -2.27. The Morgan fingerprint density at radius 2 is 1.80 bits per heavy atom. The quantitative estimate of drug-likeness (QED) is 0.905. The second-order valence-corrected chi connectivity index (χ2v) is 4.56. The molecule has 0 aliphatic carbocycles. The maximum absolute atomic E-state index is 12.5. The molecular formula is C14H15F3N2O. The minimum Gasteiger partial charge on any atom is -0.395 e.